The lowest BCUT2D eigenvalue weighted by Gasteiger charge is -2.05. The quantitative estimate of drug-likeness (QED) is 0.438. The van der Waals surface area contributed by atoms with Gasteiger partial charge in [-0.1, -0.05) is 48.5 Å². The highest BCUT2D eigenvalue weighted by Gasteiger charge is 2.08. The number of para-hydroxylation sites is 1. The van der Waals surface area contributed by atoms with Crippen LogP contribution in [0.3, 0.4) is 0 Å². The van der Waals surface area contributed by atoms with Crippen LogP contribution in [0.2, 0.25) is 0 Å². The third kappa shape index (κ3) is 3.75. The molecule has 0 saturated heterocycles. The Hall–Kier alpha value is -2.72. The molecule has 0 unspecified atom stereocenters. The number of fused-ring (bicyclic) bond motifs is 3. The van der Waals surface area contributed by atoms with E-state index in [0.29, 0.717) is 6.42 Å². The van der Waals surface area contributed by atoms with Crippen LogP contribution in [0.15, 0.2) is 77.2 Å². The molecule has 4 aromatic rings. The van der Waals surface area contributed by atoms with E-state index in [9.17, 15) is 4.79 Å². The van der Waals surface area contributed by atoms with Crippen molar-refractivity contribution < 1.29 is 9.21 Å². The topological polar surface area (TPSA) is 42.2 Å². The molecule has 1 N–H and O–H groups in total. The average Bonchev–Trinajstić information content (AvgIpc) is 3.04. The molecule has 3 nitrogen and oxygen atoms in total. The van der Waals surface area contributed by atoms with Gasteiger partial charge in [-0.05, 0) is 23.8 Å². The molecule has 130 valence electrons. The fraction of sp³-hybridized carbons (Fsp3) is 0.136. The summed E-state index contributed by atoms with van der Waals surface area (Å²) in [5.74, 6) is 1.76. The van der Waals surface area contributed by atoms with E-state index in [1.807, 2.05) is 60.7 Å². The predicted octanol–water partition coefficient (Wildman–Crippen LogP) is 5.85. The van der Waals surface area contributed by atoms with Gasteiger partial charge in [0.05, 0.1) is 0 Å². The van der Waals surface area contributed by atoms with Crippen molar-refractivity contribution in [3.8, 4) is 0 Å². The average molecular weight is 361 g/mol. The molecular formula is C22H19NO2S. The largest absolute Gasteiger partial charge is 0.456 e. The number of furan rings is 1. The lowest BCUT2D eigenvalue weighted by Crippen LogP contribution is -2.12. The number of hydrogen-bond acceptors (Lipinski definition) is 3. The molecular weight excluding hydrogens is 342 g/mol. The Balaban J connectivity index is 1.34. The summed E-state index contributed by atoms with van der Waals surface area (Å²) in [6.45, 7) is 0. The summed E-state index contributed by atoms with van der Waals surface area (Å²) in [5, 5.41) is 5.13. The summed E-state index contributed by atoms with van der Waals surface area (Å²) in [5.41, 5.74) is 3.72. The van der Waals surface area contributed by atoms with Crippen molar-refractivity contribution in [1.29, 1.82) is 0 Å². The SMILES string of the molecule is O=C(CCSCc1ccccc1)Nc1ccc2c(c1)oc1ccccc12. The molecule has 0 bridgehead atoms. The zero-order valence-electron chi connectivity index (χ0n) is 14.3. The van der Waals surface area contributed by atoms with E-state index in [0.717, 1.165) is 39.1 Å². The number of rotatable bonds is 6. The van der Waals surface area contributed by atoms with Crippen molar-refractivity contribution >= 4 is 45.3 Å². The van der Waals surface area contributed by atoms with E-state index in [1.54, 1.807) is 11.8 Å². The molecule has 0 atom stereocenters. The van der Waals surface area contributed by atoms with Gasteiger partial charge in [-0.3, -0.25) is 4.79 Å². The van der Waals surface area contributed by atoms with Crippen LogP contribution in [-0.2, 0) is 10.5 Å². The normalized spacial score (nSPS) is 11.1. The van der Waals surface area contributed by atoms with Crippen LogP contribution < -0.4 is 5.32 Å². The van der Waals surface area contributed by atoms with E-state index < -0.39 is 0 Å². The molecule has 0 aliphatic carbocycles. The lowest BCUT2D eigenvalue weighted by molar-refractivity contribution is -0.115. The molecule has 0 saturated carbocycles. The number of carbonyl (C=O) groups is 1. The maximum atomic E-state index is 12.2. The Morgan fingerprint density at radius 1 is 0.885 bits per heavy atom. The van der Waals surface area contributed by atoms with Gasteiger partial charge in [-0.2, -0.15) is 11.8 Å². The molecule has 1 amide bonds. The Kier molecular flexibility index (Phi) is 4.93. The first kappa shape index (κ1) is 16.7. The number of nitrogens with one attached hydrogen (secondary N) is 1. The van der Waals surface area contributed by atoms with Crippen molar-refractivity contribution in [3.63, 3.8) is 0 Å². The summed E-state index contributed by atoms with van der Waals surface area (Å²) in [6.07, 6.45) is 0.496. The van der Waals surface area contributed by atoms with E-state index in [2.05, 4.69) is 17.4 Å². The third-order valence-electron chi connectivity index (χ3n) is 4.25. The van der Waals surface area contributed by atoms with Crippen molar-refractivity contribution in [1.82, 2.24) is 0 Å². The summed E-state index contributed by atoms with van der Waals surface area (Å²) < 4.78 is 5.87. The molecule has 4 heteroatoms. The van der Waals surface area contributed by atoms with Gasteiger partial charge < -0.3 is 9.73 Å². The molecule has 3 aromatic carbocycles. The Bertz CT molecular complexity index is 1040. The van der Waals surface area contributed by atoms with Crippen molar-refractivity contribution in [3.05, 3.63) is 78.4 Å². The van der Waals surface area contributed by atoms with Gasteiger partial charge >= 0.3 is 0 Å². The number of amides is 1. The van der Waals surface area contributed by atoms with Crippen LogP contribution in [-0.4, -0.2) is 11.7 Å². The maximum Gasteiger partial charge on any atom is 0.225 e. The van der Waals surface area contributed by atoms with Gasteiger partial charge in [0.1, 0.15) is 11.2 Å². The third-order valence-corrected chi connectivity index (χ3v) is 5.28. The summed E-state index contributed by atoms with van der Waals surface area (Å²) in [4.78, 5) is 12.2. The number of anilines is 1. The van der Waals surface area contributed by atoms with Crippen LogP contribution in [0.4, 0.5) is 5.69 Å². The van der Waals surface area contributed by atoms with Crippen molar-refractivity contribution in [2.45, 2.75) is 12.2 Å². The molecule has 4 rings (SSSR count). The molecule has 0 aliphatic rings. The van der Waals surface area contributed by atoms with Gasteiger partial charge in [0.25, 0.3) is 0 Å². The maximum absolute atomic E-state index is 12.2. The minimum Gasteiger partial charge on any atom is -0.456 e. The standard InChI is InChI=1S/C22H19NO2S/c24-22(12-13-26-15-16-6-2-1-3-7-16)23-17-10-11-19-18-8-4-5-9-20(18)25-21(19)14-17/h1-11,14H,12-13,15H2,(H,23,24). The van der Waals surface area contributed by atoms with E-state index >= 15 is 0 Å². The molecule has 0 spiro atoms. The zero-order chi connectivity index (χ0) is 17.8. The fourth-order valence-electron chi connectivity index (χ4n) is 2.96. The fourth-order valence-corrected chi connectivity index (χ4v) is 3.86. The van der Waals surface area contributed by atoms with Gasteiger partial charge in [-0.25, -0.2) is 0 Å². The highest BCUT2D eigenvalue weighted by atomic mass is 32.2. The zero-order valence-corrected chi connectivity index (χ0v) is 15.1. The van der Waals surface area contributed by atoms with E-state index in [1.165, 1.54) is 5.56 Å². The summed E-state index contributed by atoms with van der Waals surface area (Å²) >= 11 is 1.77. The highest BCUT2D eigenvalue weighted by Crippen LogP contribution is 2.30. The molecule has 0 aliphatic heterocycles. The van der Waals surface area contributed by atoms with E-state index in [-0.39, 0.29) is 5.91 Å². The Morgan fingerprint density at radius 2 is 1.65 bits per heavy atom. The first-order valence-electron chi connectivity index (χ1n) is 8.62. The van der Waals surface area contributed by atoms with Gasteiger partial charge in [-0.15, -0.1) is 0 Å². The molecule has 0 radical (unpaired) electrons. The van der Waals surface area contributed by atoms with Gasteiger partial charge in [0.15, 0.2) is 0 Å². The molecule has 26 heavy (non-hydrogen) atoms. The number of benzene rings is 3. The summed E-state index contributed by atoms with van der Waals surface area (Å²) in [6, 6.07) is 24.1. The summed E-state index contributed by atoms with van der Waals surface area (Å²) in [7, 11) is 0. The predicted molar refractivity (Wildman–Crippen MR) is 110 cm³/mol. The van der Waals surface area contributed by atoms with Crippen LogP contribution in [0, 0.1) is 0 Å². The van der Waals surface area contributed by atoms with Crippen LogP contribution in [0.25, 0.3) is 21.9 Å². The number of hydrogen-bond donors (Lipinski definition) is 1. The highest BCUT2D eigenvalue weighted by molar-refractivity contribution is 7.98. The molecule has 1 aromatic heterocycles. The lowest BCUT2D eigenvalue weighted by atomic mass is 10.1. The molecule has 1 heterocycles. The van der Waals surface area contributed by atoms with Crippen LogP contribution >= 0.6 is 11.8 Å². The first-order chi connectivity index (χ1) is 12.8. The van der Waals surface area contributed by atoms with Crippen molar-refractivity contribution in [2.24, 2.45) is 0 Å². The second-order valence-corrected chi connectivity index (χ2v) is 7.25. The van der Waals surface area contributed by atoms with Crippen LogP contribution in [0.5, 0.6) is 0 Å². The second-order valence-electron chi connectivity index (χ2n) is 6.15. The minimum atomic E-state index is 0.0287. The smallest absolute Gasteiger partial charge is 0.225 e. The molecule has 0 fully saturated rings. The Labute approximate surface area is 156 Å². The monoisotopic (exact) mass is 361 g/mol. The van der Waals surface area contributed by atoms with Crippen LogP contribution in [0.1, 0.15) is 12.0 Å². The number of carbonyl (C=O) groups excluding carboxylic acids is 1. The number of thioether (sulfide) groups is 1. The first-order valence-corrected chi connectivity index (χ1v) is 9.78. The Morgan fingerprint density at radius 3 is 2.54 bits per heavy atom. The van der Waals surface area contributed by atoms with E-state index in [4.69, 9.17) is 4.42 Å². The second kappa shape index (κ2) is 7.67. The van der Waals surface area contributed by atoms with Crippen molar-refractivity contribution in [2.75, 3.05) is 11.1 Å². The van der Waals surface area contributed by atoms with Gasteiger partial charge in [0, 0.05) is 40.5 Å². The van der Waals surface area contributed by atoms with Gasteiger partial charge in [0.2, 0.25) is 5.91 Å². The minimum absolute atomic E-state index is 0.0287.